The van der Waals surface area contributed by atoms with Crippen LogP contribution in [-0.4, -0.2) is 17.6 Å². The van der Waals surface area contributed by atoms with Gasteiger partial charge in [0.05, 0.1) is 5.56 Å². The zero-order chi connectivity index (χ0) is 14.5. The van der Waals surface area contributed by atoms with Crippen molar-refractivity contribution in [1.29, 1.82) is 0 Å². The minimum atomic E-state index is -0.653. The van der Waals surface area contributed by atoms with Crippen LogP contribution in [0, 0.1) is 5.82 Å². The van der Waals surface area contributed by atoms with Gasteiger partial charge in [-0.05, 0) is 42.3 Å². The van der Waals surface area contributed by atoms with Gasteiger partial charge in [0.2, 0.25) is 0 Å². The Labute approximate surface area is 116 Å². The number of hydrogen-bond acceptors (Lipinski definition) is 3. The van der Waals surface area contributed by atoms with Gasteiger partial charge in [-0.2, -0.15) is 0 Å². The van der Waals surface area contributed by atoms with Crippen LogP contribution in [-0.2, 0) is 6.42 Å². The summed E-state index contributed by atoms with van der Waals surface area (Å²) in [5, 5.41) is 11.4. The highest BCUT2D eigenvalue weighted by atomic mass is 19.1. The van der Waals surface area contributed by atoms with Gasteiger partial charge >= 0.3 is 0 Å². The van der Waals surface area contributed by atoms with Crippen molar-refractivity contribution in [2.24, 2.45) is 0 Å². The first kappa shape index (κ1) is 14.0. The van der Waals surface area contributed by atoms with E-state index in [0.717, 1.165) is 11.6 Å². The fraction of sp³-hybridized carbons (Fsp3) is 0.133. The second kappa shape index (κ2) is 6.16. The third-order valence-electron chi connectivity index (χ3n) is 2.85. The lowest BCUT2D eigenvalue weighted by atomic mass is 10.1. The molecule has 2 rings (SSSR count). The molecular weight excluding hydrogens is 259 g/mol. The van der Waals surface area contributed by atoms with Crippen molar-refractivity contribution < 1.29 is 14.3 Å². The standard InChI is InChI=1S/C15H15FN2O2/c16-14-9-11(17)3-6-13(14)15(20)18-12-4-1-10(2-5-12)7-8-19/h1-6,9,19H,7-8,17H2,(H,18,20). The zero-order valence-electron chi connectivity index (χ0n) is 10.8. The van der Waals surface area contributed by atoms with Gasteiger partial charge in [0, 0.05) is 18.0 Å². The monoisotopic (exact) mass is 274 g/mol. The lowest BCUT2D eigenvalue weighted by Gasteiger charge is -2.07. The van der Waals surface area contributed by atoms with Crippen LogP contribution >= 0.6 is 0 Å². The quantitative estimate of drug-likeness (QED) is 0.748. The molecule has 0 bridgehead atoms. The molecule has 1 amide bonds. The Bertz CT molecular complexity index is 612. The van der Waals surface area contributed by atoms with Crippen molar-refractivity contribution in [3.63, 3.8) is 0 Å². The molecule has 2 aromatic rings. The number of nitrogen functional groups attached to an aromatic ring is 1. The van der Waals surface area contributed by atoms with Crippen LogP contribution < -0.4 is 11.1 Å². The number of carbonyl (C=O) groups excluding carboxylic acids is 1. The summed E-state index contributed by atoms with van der Waals surface area (Å²) in [6.45, 7) is 0.0718. The molecule has 0 saturated carbocycles. The highest BCUT2D eigenvalue weighted by Crippen LogP contribution is 2.15. The molecule has 0 saturated heterocycles. The van der Waals surface area contributed by atoms with Gasteiger partial charge in [-0.3, -0.25) is 4.79 Å². The Morgan fingerprint density at radius 1 is 1.20 bits per heavy atom. The summed E-state index contributed by atoms with van der Waals surface area (Å²) in [7, 11) is 0. The maximum absolute atomic E-state index is 13.6. The Balaban J connectivity index is 2.11. The molecule has 2 aromatic carbocycles. The summed E-state index contributed by atoms with van der Waals surface area (Å²) in [5.41, 5.74) is 7.17. The molecule has 4 nitrogen and oxygen atoms in total. The van der Waals surface area contributed by atoms with Crippen LogP contribution in [0.5, 0.6) is 0 Å². The van der Waals surface area contributed by atoms with Gasteiger partial charge in [0.1, 0.15) is 5.82 Å². The fourth-order valence-corrected chi connectivity index (χ4v) is 1.80. The van der Waals surface area contributed by atoms with Crippen LogP contribution in [0.3, 0.4) is 0 Å². The van der Waals surface area contributed by atoms with Gasteiger partial charge in [0.25, 0.3) is 5.91 Å². The second-order valence-electron chi connectivity index (χ2n) is 4.36. The normalized spacial score (nSPS) is 10.3. The molecule has 0 radical (unpaired) electrons. The zero-order valence-corrected chi connectivity index (χ0v) is 10.8. The first-order valence-corrected chi connectivity index (χ1v) is 6.16. The number of hydrogen-bond donors (Lipinski definition) is 3. The molecule has 0 fully saturated rings. The summed E-state index contributed by atoms with van der Waals surface area (Å²) in [4.78, 5) is 11.9. The van der Waals surface area contributed by atoms with Gasteiger partial charge in [0.15, 0.2) is 0 Å². The van der Waals surface area contributed by atoms with E-state index in [1.165, 1.54) is 12.1 Å². The van der Waals surface area contributed by atoms with Crippen molar-refractivity contribution in [2.45, 2.75) is 6.42 Å². The molecule has 0 heterocycles. The third kappa shape index (κ3) is 3.33. The van der Waals surface area contributed by atoms with E-state index < -0.39 is 11.7 Å². The second-order valence-corrected chi connectivity index (χ2v) is 4.36. The number of aliphatic hydroxyl groups is 1. The van der Waals surface area contributed by atoms with Gasteiger partial charge in [-0.1, -0.05) is 12.1 Å². The minimum absolute atomic E-state index is 0.0568. The molecule has 0 atom stereocenters. The third-order valence-corrected chi connectivity index (χ3v) is 2.85. The topological polar surface area (TPSA) is 75.4 Å². The molecule has 5 heteroatoms. The lowest BCUT2D eigenvalue weighted by Crippen LogP contribution is -2.14. The van der Waals surface area contributed by atoms with E-state index in [4.69, 9.17) is 10.8 Å². The average molecular weight is 274 g/mol. The predicted molar refractivity (Wildman–Crippen MR) is 76.0 cm³/mol. The molecular formula is C15H15FN2O2. The Hall–Kier alpha value is -2.40. The molecule has 0 spiro atoms. The Morgan fingerprint density at radius 3 is 2.50 bits per heavy atom. The maximum atomic E-state index is 13.6. The molecule has 0 unspecified atom stereocenters. The van der Waals surface area contributed by atoms with Crippen LogP contribution in [0.4, 0.5) is 15.8 Å². The van der Waals surface area contributed by atoms with E-state index >= 15 is 0 Å². The predicted octanol–water partition coefficient (Wildman–Crippen LogP) is 2.20. The number of carbonyl (C=O) groups is 1. The van der Waals surface area contributed by atoms with Crippen LogP contribution in [0.15, 0.2) is 42.5 Å². The molecule has 0 aliphatic rings. The van der Waals surface area contributed by atoms with Crippen molar-refractivity contribution in [3.8, 4) is 0 Å². The first-order valence-electron chi connectivity index (χ1n) is 6.16. The highest BCUT2D eigenvalue weighted by molar-refractivity contribution is 6.04. The summed E-state index contributed by atoms with van der Waals surface area (Å²) in [6, 6.07) is 10.9. The van der Waals surface area contributed by atoms with E-state index in [2.05, 4.69) is 5.32 Å². The van der Waals surface area contributed by atoms with Crippen molar-refractivity contribution in [1.82, 2.24) is 0 Å². The number of anilines is 2. The summed E-state index contributed by atoms with van der Waals surface area (Å²) in [6.07, 6.45) is 0.556. The molecule has 104 valence electrons. The number of nitrogens with one attached hydrogen (secondary N) is 1. The van der Waals surface area contributed by atoms with Crippen LogP contribution in [0.2, 0.25) is 0 Å². The van der Waals surface area contributed by atoms with E-state index in [9.17, 15) is 9.18 Å². The Morgan fingerprint density at radius 2 is 1.90 bits per heavy atom. The SMILES string of the molecule is Nc1ccc(C(=O)Nc2ccc(CCO)cc2)c(F)c1. The van der Waals surface area contributed by atoms with Crippen LogP contribution in [0.1, 0.15) is 15.9 Å². The number of nitrogens with two attached hydrogens (primary N) is 1. The smallest absolute Gasteiger partial charge is 0.258 e. The summed E-state index contributed by atoms with van der Waals surface area (Å²) >= 11 is 0. The van der Waals surface area contributed by atoms with Gasteiger partial charge in [-0.25, -0.2) is 4.39 Å². The molecule has 0 aliphatic carbocycles. The van der Waals surface area contributed by atoms with E-state index in [0.29, 0.717) is 12.1 Å². The number of halogens is 1. The van der Waals surface area contributed by atoms with Crippen molar-refractivity contribution >= 4 is 17.3 Å². The molecule has 4 N–H and O–H groups in total. The number of rotatable bonds is 4. The Kier molecular flexibility index (Phi) is 4.32. The fourth-order valence-electron chi connectivity index (χ4n) is 1.80. The van der Waals surface area contributed by atoms with Crippen LogP contribution in [0.25, 0.3) is 0 Å². The minimum Gasteiger partial charge on any atom is -0.399 e. The largest absolute Gasteiger partial charge is 0.399 e. The number of benzene rings is 2. The van der Waals surface area contributed by atoms with E-state index in [1.54, 1.807) is 24.3 Å². The number of amides is 1. The van der Waals surface area contributed by atoms with E-state index in [1.807, 2.05) is 0 Å². The van der Waals surface area contributed by atoms with Gasteiger partial charge < -0.3 is 16.2 Å². The highest BCUT2D eigenvalue weighted by Gasteiger charge is 2.11. The summed E-state index contributed by atoms with van der Waals surface area (Å²) in [5.74, 6) is -1.18. The molecule has 0 aliphatic heterocycles. The van der Waals surface area contributed by atoms with Crippen molar-refractivity contribution in [2.75, 3.05) is 17.7 Å². The first-order chi connectivity index (χ1) is 9.60. The maximum Gasteiger partial charge on any atom is 0.258 e. The van der Waals surface area contributed by atoms with Crippen molar-refractivity contribution in [3.05, 3.63) is 59.4 Å². The van der Waals surface area contributed by atoms with Gasteiger partial charge in [-0.15, -0.1) is 0 Å². The summed E-state index contributed by atoms with van der Waals surface area (Å²) < 4.78 is 13.6. The lowest BCUT2D eigenvalue weighted by molar-refractivity contribution is 0.102. The number of aliphatic hydroxyl groups excluding tert-OH is 1. The molecule has 20 heavy (non-hydrogen) atoms. The van der Waals surface area contributed by atoms with E-state index in [-0.39, 0.29) is 17.9 Å². The average Bonchev–Trinajstić information content (AvgIpc) is 2.41. The molecule has 0 aromatic heterocycles.